The maximum atomic E-state index is 5.97. The van der Waals surface area contributed by atoms with Gasteiger partial charge in [-0.1, -0.05) is 23.7 Å². The Morgan fingerprint density at radius 3 is 2.12 bits per heavy atom. The van der Waals surface area contributed by atoms with E-state index in [9.17, 15) is 0 Å². The lowest BCUT2D eigenvalue weighted by Crippen LogP contribution is -2.44. The van der Waals surface area contributed by atoms with E-state index in [0.29, 0.717) is 0 Å². The molecule has 1 aliphatic rings. The lowest BCUT2D eigenvalue weighted by molar-refractivity contribution is 0.272. The second-order valence-corrected chi connectivity index (χ2v) is 6.86. The fourth-order valence-corrected chi connectivity index (χ4v) is 3.36. The molecule has 0 bridgehead atoms. The van der Waals surface area contributed by atoms with E-state index >= 15 is 0 Å². The molecule has 0 spiro atoms. The Balaban J connectivity index is 1.53. The maximum Gasteiger partial charge on any atom is 0.0542 e. The van der Waals surface area contributed by atoms with Gasteiger partial charge in [0.1, 0.15) is 0 Å². The lowest BCUT2D eigenvalue weighted by Gasteiger charge is -2.34. The zero-order chi connectivity index (χ0) is 18.4. The number of rotatable bonds is 6. The first-order valence-corrected chi connectivity index (χ1v) is 9.72. The quantitative estimate of drug-likeness (QED) is 0.706. The van der Waals surface area contributed by atoms with Gasteiger partial charge in [-0.15, -0.1) is 0 Å². The van der Waals surface area contributed by atoms with Gasteiger partial charge in [-0.25, -0.2) is 0 Å². The van der Waals surface area contributed by atoms with Crippen molar-refractivity contribution in [3.8, 4) is 0 Å². The van der Waals surface area contributed by atoms with Gasteiger partial charge in [0, 0.05) is 42.6 Å². The number of hydrogen-bond donors (Lipinski definition) is 0. The summed E-state index contributed by atoms with van der Waals surface area (Å²) in [4.78, 5) is 4.72. The number of halogens is 1. The normalized spacial score (nSPS) is 14.9. The minimum Gasteiger partial charge on any atom is -0.372 e. The topological polar surface area (TPSA) is 22.1 Å². The van der Waals surface area contributed by atoms with E-state index in [4.69, 9.17) is 11.6 Å². The van der Waals surface area contributed by atoms with Gasteiger partial charge in [0.25, 0.3) is 0 Å². The molecule has 1 fully saturated rings. The third-order valence-corrected chi connectivity index (χ3v) is 5.09. The van der Waals surface area contributed by atoms with Gasteiger partial charge in [0.2, 0.25) is 0 Å². The van der Waals surface area contributed by atoms with E-state index in [2.05, 4.69) is 70.2 Å². The molecular weight excluding hydrogens is 344 g/mol. The second kappa shape index (κ2) is 8.95. The Hall–Kier alpha value is -2.20. The number of benzene rings is 2. The Morgan fingerprint density at radius 2 is 1.54 bits per heavy atom. The minimum atomic E-state index is 0.781. The highest BCUT2D eigenvalue weighted by molar-refractivity contribution is 6.30. The van der Waals surface area contributed by atoms with Crippen LogP contribution in [0.3, 0.4) is 0 Å². The van der Waals surface area contributed by atoms with Crippen molar-refractivity contribution in [1.29, 1.82) is 0 Å². The Kier molecular flexibility index (Phi) is 6.40. The molecule has 2 aromatic carbocycles. The largest absolute Gasteiger partial charge is 0.372 e. The van der Waals surface area contributed by atoms with Crippen molar-refractivity contribution in [2.45, 2.75) is 13.8 Å². The van der Waals surface area contributed by atoms with Gasteiger partial charge in [0.05, 0.1) is 19.3 Å². The molecule has 138 valence electrons. The van der Waals surface area contributed by atoms with Crippen LogP contribution in [0.25, 0.3) is 0 Å². The molecule has 0 amide bonds. The molecule has 0 radical (unpaired) electrons. The molecule has 2 aromatic rings. The molecule has 26 heavy (non-hydrogen) atoms. The monoisotopic (exact) mass is 370 g/mol. The Morgan fingerprint density at radius 1 is 0.923 bits per heavy atom. The van der Waals surface area contributed by atoms with Crippen LogP contribution < -0.4 is 9.80 Å². The van der Waals surface area contributed by atoms with Crippen molar-refractivity contribution in [2.24, 2.45) is 5.10 Å². The third kappa shape index (κ3) is 4.70. The van der Waals surface area contributed by atoms with Crippen molar-refractivity contribution >= 4 is 29.2 Å². The van der Waals surface area contributed by atoms with Crippen LogP contribution in [0.2, 0.25) is 5.02 Å². The average Bonchev–Trinajstić information content (AvgIpc) is 2.69. The van der Waals surface area contributed by atoms with Crippen LogP contribution in [0.15, 0.2) is 53.6 Å². The molecule has 0 aliphatic carbocycles. The zero-order valence-corrected chi connectivity index (χ0v) is 16.4. The third-order valence-electron chi connectivity index (χ3n) is 4.84. The first-order valence-electron chi connectivity index (χ1n) is 9.34. The van der Waals surface area contributed by atoms with Crippen LogP contribution in [0.5, 0.6) is 0 Å². The first kappa shape index (κ1) is 18.6. The van der Waals surface area contributed by atoms with Crippen LogP contribution in [0.4, 0.5) is 11.4 Å². The zero-order valence-electron chi connectivity index (χ0n) is 15.6. The van der Waals surface area contributed by atoms with Gasteiger partial charge in [-0.05, 0) is 55.8 Å². The molecular formula is C21H27ClN4. The molecule has 1 saturated heterocycles. The molecule has 3 rings (SSSR count). The highest BCUT2D eigenvalue weighted by Crippen LogP contribution is 2.19. The predicted molar refractivity (Wildman–Crippen MR) is 113 cm³/mol. The van der Waals surface area contributed by atoms with Crippen LogP contribution >= 0.6 is 11.6 Å². The molecule has 0 unspecified atom stereocenters. The van der Waals surface area contributed by atoms with E-state index in [1.165, 1.54) is 11.4 Å². The van der Waals surface area contributed by atoms with Crippen molar-refractivity contribution in [1.82, 2.24) is 5.01 Å². The summed E-state index contributed by atoms with van der Waals surface area (Å²) in [5.74, 6) is 0. The number of hydrogen-bond acceptors (Lipinski definition) is 4. The van der Waals surface area contributed by atoms with E-state index in [-0.39, 0.29) is 0 Å². The standard InChI is InChI=1S/C21H27ClN4/c1-3-24(4-2)20-9-5-18(6-10-20)17-23-26-15-13-25(14-16-26)21-11-7-19(22)8-12-21/h5-12,17H,3-4,13-16H2,1-2H3/b23-17+. The average molecular weight is 371 g/mol. The summed E-state index contributed by atoms with van der Waals surface area (Å²) in [5, 5.41) is 7.58. The van der Waals surface area contributed by atoms with Gasteiger partial charge in [-0.2, -0.15) is 5.10 Å². The predicted octanol–water partition coefficient (Wildman–Crippen LogP) is 4.34. The lowest BCUT2D eigenvalue weighted by atomic mass is 10.2. The SMILES string of the molecule is CCN(CC)c1ccc(/C=N/N2CCN(c3ccc(Cl)cc3)CC2)cc1. The highest BCUT2D eigenvalue weighted by Gasteiger charge is 2.15. The van der Waals surface area contributed by atoms with Crippen molar-refractivity contribution < 1.29 is 0 Å². The number of hydrazone groups is 1. The summed E-state index contributed by atoms with van der Waals surface area (Å²) in [6.45, 7) is 10.2. The van der Waals surface area contributed by atoms with Crippen LogP contribution in [-0.4, -0.2) is 50.5 Å². The number of nitrogens with zero attached hydrogens (tertiary/aromatic N) is 4. The Labute approximate surface area is 161 Å². The van der Waals surface area contributed by atoms with Crippen molar-refractivity contribution in [3.63, 3.8) is 0 Å². The molecule has 1 heterocycles. The van der Waals surface area contributed by atoms with Gasteiger partial charge >= 0.3 is 0 Å². The number of piperazine rings is 1. The first-order chi connectivity index (χ1) is 12.7. The highest BCUT2D eigenvalue weighted by atomic mass is 35.5. The van der Waals surface area contributed by atoms with Crippen molar-refractivity contribution in [2.75, 3.05) is 49.1 Å². The summed E-state index contributed by atoms with van der Waals surface area (Å²) in [5.41, 5.74) is 3.63. The number of anilines is 2. The van der Waals surface area contributed by atoms with Gasteiger partial charge < -0.3 is 9.80 Å². The van der Waals surface area contributed by atoms with E-state index in [0.717, 1.165) is 49.9 Å². The summed E-state index contributed by atoms with van der Waals surface area (Å²) >= 11 is 5.97. The minimum absolute atomic E-state index is 0.781. The maximum absolute atomic E-state index is 5.97. The van der Waals surface area contributed by atoms with Gasteiger partial charge in [0.15, 0.2) is 0 Å². The van der Waals surface area contributed by atoms with Gasteiger partial charge in [-0.3, -0.25) is 5.01 Å². The molecule has 5 heteroatoms. The van der Waals surface area contributed by atoms with E-state index in [1.54, 1.807) is 0 Å². The van der Waals surface area contributed by atoms with E-state index in [1.807, 2.05) is 18.3 Å². The fourth-order valence-electron chi connectivity index (χ4n) is 3.23. The molecule has 0 saturated carbocycles. The molecule has 0 N–H and O–H groups in total. The van der Waals surface area contributed by atoms with Crippen LogP contribution in [0.1, 0.15) is 19.4 Å². The molecule has 1 aliphatic heterocycles. The molecule has 0 atom stereocenters. The fraction of sp³-hybridized carbons (Fsp3) is 0.381. The summed E-state index contributed by atoms with van der Waals surface area (Å²) in [7, 11) is 0. The summed E-state index contributed by atoms with van der Waals surface area (Å²) < 4.78 is 0. The van der Waals surface area contributed by atoms with E-state index < -0.39 is 0 Å². The summed E-state index contributed by atoms with van der Waals surface area (Å²) in [6.07, 6.45) is 1.96. The second-order valence-electron chi connectivity index (χ2n) is 6.43. The Bertz CT molecular complexity index is 700. The summed E-state index contributed by atoms with van der Waals surface area (Å²) in [6, 6.07) is 16.7. The van der Waals surface area contributed by atoms with Crippen LogP contribution in [0, 0.1) is 0 Å². The molecule has 0 aromatic heterocycles. The van der Waals surface area contributed by atoms with Crippen LogP contribution in [-0.2, 0) is 0 Å². The smallest absolute Gasteiger partial charge is 0.0542 e. The molecule has 4 nitrogen and oxygen atoms in total. The van der Waals surface area contributed by atoms with Crippen molar-refractivity contribution in [3.05, 3.63) is 59.1 Å².